The molecule has 3 aromatic heterocycles. The summed E-state index contributed by atoms with van der Waals surface area (Å²) in [4.78, 5) is 23.7. The van der Waals surface area contributed by atoms with Crippen LogP contribution in [0.25, 0.3) is 0 Å². The van der Waals surface area contributed by atoms with E-state index in [0.29, 0.717) is 18.8 Å². The third kappa shape index (κ3) is 3.80. The zero-order chi connectivity index (χ0) is 18.8. The van der Waals surface area contributed by atoms with Crippen molar-refractivity contribution in [2.45, 2.75) is 45.1 Å². The number of imidazole rings is 1. The number of rotatable bonds is 5. The van der Waals surface area contributed by atoms with E-state index in [-0.39, 0.29) is 17.7 Å². The van der Waals surface area contributed by atoms with Gasteiger partial charge in [0.05, 0.1) is 23.4 Å². The standard InChI is InChI=1S/C19H23N5O2S/c1-13(2)16-8-17(26-22-16)19(25)24-6-3-4-14(9-24)18-20-5-7-23(18)10-15-11-27-12-21-15/h5,7-8,11-14H,3-4,6,9-10H2,1-2H3/t14-/m0/s1. The summed E-state index contributed by atoms with van der Waals surface area (Å²) < 4.78 is 7.43. The Balaban J connectivity index is 1.48. The van der Waals surface area contributed by atoms with Crippen LogP contribution in [0.1, 0.15) is 66.3 Å². The van der Waals surface area contributed by atoms with Gasteiger partial charge in [-0.3, -0.25) is 4.79 Å². The van der Waals surface area contributed by atoms with Crippen molar-refractivity contribution in [2.75, 3.05) is 13.1 Å². The van der Waals surface area contributed by atoms with E-state index in [2.05, 4.69) is 25.1 Å². The lowest BCUT2D eigenvalue weighted by atomic mass is 9.96. The highest BCUT2D eigenvalue weighted by molar-refractivity contribution is 7.07. The summed E-state index contributed by atoms with van der Waals surface area (Å²) in [5.41, 5.74) is 3.69. The molecule has 0 N–H and O–H groups in total. The Morgan fingerprint density at radius 3 is 3.04 bits per heavy atom. The van der Waals surface area contributed by atoms with Crippen LogP contribution in [0.5, 0.6) is 0 Å². The van der Waals surface area contributed by atoms with Crippen LogP contribution in [0.15, 0.2) is 33.9 Å². The van der Waals surface area contributed by atoms with Gasteiger partial charge in [-0.05, 0) is 18.8 Å². The van der Waals surface area contributed by atoms with Crippen molar-refractivity contribution in [2.24, 2.45) is 0 Å². The van der Waals surface area contributed by atoms with Crippen LogP contribution >= 0.6 is 11.3 Å². The highest BCUT2D eigenvalue weighted by Gasteiger charge is 2.30. The van der Waals surface area contributed by atoms with E-state index in [4.69, 9.17) is 4.52 Å². The lowest BCUT2D eigenvalue weighted by Crippen LogP contribution is -2.39. The van der Waals surface area contributed by atoms with Crippen LogP contribution in [0.4, 0.5) is 0 Å². The van der Waals surface area contributed by atoms with Crippen LogP contribution in [-0.4, -0.2) is 43.6 Å². The molecule has 8 heteroatoms. The summed E-state index contributed by atoms with van der Waals surface area (Å²) in [7, 11) is 0. The van der Waals surface area contributed by atoms with Gasteiger partial charge in [0.15, 0.2) is 0 Å². The predicted octanol–water partition coefficient (Wildman–Crippen LogP) is 3.52. The minimum Gasteiger partial charge on any atom is -0.351 e. The number of nitrogens with zero attached hydrogens (tertiary/aromatic N) is 5. The molecule has 1 fully saturated rings. The molecule has 1 atom stereocenters. The van der Waals surface area contributed by atoms with Gasteiger partial charge in [0.1, 0.15) is 5.82 Å². The van der Waals surface area contributed by atoms with E-state index in [1.807, 2.05) is 36.7 Å². The van der Waals surface area contributed by atoms with Gasteiger partial charge < -0.3 is 14.0 Å². The van der Waals surface area contributed by atoms with Crippen molar-refractivity contribution in [3.8, 4) is 0 Å². The molecule has 4 rings (SSSR count). The summed E-state index contributed by atoms with van der Waals surface area (Å²) in [6.07, 6.45) is 5.78. The van der Waals surface area contributed by atoms with E-state index in [1.54, 1.807) is 17.4 Å². The zero-order valence-electron chi connectivity index (χ0n) is 15.5. The first-order chi connectivity index (χ1) is 13.1. The summed E-state index contributed by atoms with van der Waals surface area (Å²) in [6.45, 7) is 6.16. The summed E-state index contributed by atoms with van der Waals surface area (Å²) in [5, 5.41) is 6.06. The van der Waals surface area contributed by atoms with E-state index < -0.39 is 0 Å². The van der Waals surface area contributed by atoms with Crippen LogP contribution in [0.2, 0.25) is 0 Å². The van der Waals surface area contributed by atoms with Gasteiger partial charge in [-0.25, -0.2) is 9.97 Å². The fourth-order valence-electron chi connectivity index (χ4n) is 3.49. The summed E-state index contributed by atoms with van der Waals surface area (Å²) in [6, 6.07) is 1.76. The second-order valence-corrected chi connectivity index (χ2v) is 7.97. The van der Waals surface area contributed by atoms with E-state index >= 15 is 0 Å². The normalized spacial score (nSPS) is 17.6. The number of aromatic nitrogens is 4. The van der Waals surface area contributed by atoms with Crippen molar-refractivity contribution >= 4 is 17.2 Å². The number of piperidine rings is 1. The molecule has 0 aromatic carbocycles. The van der Waals surface area contributed by atoms with Crippen molar-refractivity contribution in [1.29, 1.82) is 0 Å². The SMILES string of the molecule is CC(C)c1cc(C(=O)N2CCC[C@H](c3nccn3Cc3cscn3)C2)on1. The van der Waals surface area contributed by atoms with Gasteiger partial charge in [0.25, 0.3) is 5.91 Å². The second kappa shape index (κ2) is 7.64. The Bertz CT molecular complexity index is 899. The molecule has 0 bridgehead atoms. The largest absolute Gasteiger partial charge is 0.351 e. The Hall–Kier alpha value is -2.48. The van der Waals surface area contributed by atoms with Gasteiger partial charge in [0, 0.05) is 42.8 Å². The Morgan fingerprint density at radius 2 is 2.30 bits per heavy atom. The van der Waals surface area contributed by atoms with Gasteiger partial charge >= 0.3 is 0 Å². The molecule has 142 valence electrons. The number of hydrogen-bond donors (Lipinski definition) is 0. The molecular weight excluding hydrogens is 362 g/mol. The number of carbonyl (C=O) groups excluding carboxylic acids is 1. The first-order valence-electron chi connectivity index (χ1n) is 9.26. The first-order valence-corrected chi connectivity index (χ1v) is 10.2. The highest BCUT2D eigenvalue weighted by Crippen LogP contribution is 2.27. The van der Waals surface area contributed by atoms with Gasteiger partial charge in [0.2, 0.25) is 5.76 Å². The number of amides is 1. The molecule has 0 radical (unpaired) electrons. The second-order valence-electron chi connectivity index (χ2n) is 7.25. The monoisotopic (exact) mass is 385 g/mol. The van der Waals surface area contributed by atoms with Gasteiger partial charge in [-0.15, -0.1) is 11.3 Å². The van der Waals surface area contributed by atoms with E-state index in [1.165, 1.54) is 0 Å². The molecule has 1 saturated heterocycles. The number of thiazole rings is 1. The number of likely N-dealkylation sites (tertiary alicyclic amines) is 1. The van der Waals surface area contributed by atoms with Crippen molar-refractivity contribution in [3.63, 3.8) is 0 Å². The Labute approximate surface area is 162 Å². The van der Waals surface area contributed by atoms with Crippen molar-refractivity contribution in [1.82, 2.24) is 24.6 Å². The van der Waals surface area contributed by atoms with Crippen LogP contribution in [0, 0.1) is 0 Å². The summed E-state index contributed by atoms with van der Waals surface area (Å²) >= 11 is 1.59. The maximum Gasteiger partial charge on any atom is 0.292 e. The van der Waals surface area contributed by atoms with E-state index in [9.17, 15) is 4.79 Å². The minimum atomic E-state index is -0.0864. The molecule has 1 aliphatic heterocycles. The topological polar surface area (TPSA) is 77.0 Å². The van der Waals surface area contributed by atoms with Gasteiger partial charge in [-0.2, -0.15) is 0 Å². The minimum absolute atomic E-state index is 0.0864. The summed E-state index contributed by atoms with van der Waals surface area (Å²) in [5.74, 6) is 1.70. The molecule has 7 nitrogen and oxygen atoms in total. The number of carbonyl (C=O) groups is 1. The van der Waals surface area contributed by atoms with Crippen molar-refractivity contribution in [3.05, 3.63) is 52.3 Å². The van der Waals surface area contributed by atoms with Crippen LogP contribution < -0.4 is 0 Å². The molecule has 0 spiro atoms. The van der Waals surface area contributed by atoms with Crippen LogP contribution in [0.3, 0.4) is 0 Å². The molecule has 27 heavy (non-hydrogen) atoms. The highest BCUT2D eigenvalue weighted by atomic mass is 32.1. The molecule has 0 aliphatic carbocycles. The quantitative estimate of drug-likeness (QED) is 0.672. The van der Waals surface area contributed by atoms with Crippen molar-refractivity contribution < 1.29 is 9.32 Å². The predicted molar refractivity (Wildman–Crippen MR) is 102 cm³/mol. The van der Waals surface area contributed by atoms with E-state index in [0.717, 1.165) is 36.6 Å². The molecule has 0 unspecified atom stereocenters. The molecule has 0 saturated carbocycles. The molecule has 1 amide bonds. The molecule has 3 aromatic rings. The number of hydrogen-bond acceptors (Lipinski definition) is 6. The average molecular weight is 385 g/mol. The fourth-order valence-corrected chi connectivity index (χ4v) is 4.04. The average Bonchev–Trinajstić information content (AvgIpc) is 3.43. The molecule has 1 aliphatic rings. The Kier molecular flexibility index (Phi) is 5.07. The lowest BCUT2D eigenvalue weighted by Gasteiger charge is -2.32. The van der Waals surface area contributed by atoms with Crippen LogP contribution in [-0.2, 0) is 6.54 Å². The maximum absolute atomic E-state index is 12.8. The Morgan fingerprint density at radius 1 is 1.41 bits per heavy atom. The third-order valence-corrected chi connectivity index (χ3v) is 5.60. The smallest absolute Gasteiger partial charge is 0.292 e. The third-order valence-electron chi connectivity index (χ3n) is 4.97. The van der Waals surface area contributed by atoms with Gasteiger partial charge in [-0.1, -0.05) is 19.0 Å². The lowest BCUT2D eigenvalue weighted by molar-refractivity contribution is 0.0661. The molecule has 4 heterocycles. The molecular formula is C19H23N5O2S. The fraction of sp³-hybridized carbons (Fsp3) is 0.474. The first kappa shape index (κ1) is 17.9. The zero-order valence-corrected chi connectivity index (χ0v) is 16.4. The maximum atomic E-state index is 12.8.